The zero-order chi connectivity index (χ0) is 14.2. The lowest BCUT2D eigenvalue weighted by Crippen LogP contribution is -2.43. The summed E-state index contributed by atoms with van der Waals surface area (Å²) in [4.78, 5) is 7.16. The smallest absolute Gasteiger partial charge is 0.188 e. The molecular formula is C16H33IN4. The normalized spacial score (nSPS) is 26.0. The molecule has 3 N–H and O–H groups in total. The van der Waals surface area contributed by atoms with Crippen LogP contribution in [0.3, 0.4) is 0 Å². The topological polar surface area (TPSA) is 53.6 Å². The van der Waals surface area contributed by atoms with Crippen LogP contribution in [0.25, 0.3) is 0 Å². The van der Waals surface area contributed by atoms with Gasteiger partial charge in [-0.2, -0.15) is 0 Å². The molecule has 1 atom stereocenters. The van der Waals surface area contributed by atoms with E-state index in [0.29, 0.717) is 18.0 Å². The molecule has 0 bridgehead atoms. The molecular weight excluding hydrogens is 375 g/mol. The molecule has 0 aromatic carbocycles. The molecule has 4 nitrogen and oxygen atoms in total. The molecule has 2 fully saturated rings. The predicted octanol–water partition coefficient (Wildman–Crippen LogP) is 3.11. The Balaban J connectivity index is 0.00000220. The maximum Gasteiger partial charge on any atom is 0.188 e. The van der Waals surface area contributed by atoms with E-state index in [1.807, 2.05) is 0 Å². The lowest BCUT2D eigenvalue weighted by atomic mass is 10.0. The highest BCUT2D eigenvalue weighted by atomic mass is 127. The second kappa shape index (κ2) is 10.6. The van der Waals surface area contributed by atoms with Crippen LogP contribution in [0.4, 0.5) is 0 Å². The highest BCUT2D eigenvalue weighted by molar-refractivity contribution is 14.0. The molecule has 2 rings (SSSR count). The Morgan fingerprint density at radius 1 is 1.10 bits per heavy atom. The van der Waals surface area contributed by atoms with Crippen LogP contribution in [0.15, 0.2) is 4.99 Å². The average molecular weight is 408 g/mol. The standard InChI is InChI=1S/C16H32N4.HI/c1-2-20-12-8-7-11-15(20)13-18-16(17)19-14-9-5-3-4-6-10-14;/h14-15H,2-13H2,1H3,(H3,17,18,19);1H. The molecule has 2 aliphatic rings. The van der Waals surface area contributed by atoms with Gasteiger partial charge in [0.15, 0.2) is 5.96 Å². The number of aliphatic imine (C=N–C) groups is 1. The molecule has 0 spiro atoms. The van der Waals surface area contributed by atoms with Crippen molar-refractivity contribution in [3.63, 3.8) is 0 Å². The summed E-state index contributed by atoms with van der Waals surface area (Å²) < 4.78 is 0. The zero-order valence-electron chi connectivity index (χ0n) is 13.5. The Morgan fingerprint density at radius 2 is 1.76 bits per heavy atom. The highest BCUT2D eigenvalue weighted by Crippen LogP contribution is 2.18. The summed E-state index contributed by atoms with van der Waals surface area (Å²) in [6, 6.07) is 1.15. The van der Waals surface area contributed by atoms with Gasteiger partial charge in [-0.1, -0.05) is 39.0 Å². The van der Waals surface area contributed by atoms with Crippen molar-refractivity contribution < 1.29 is 0 Å². The van der Waals surface area contributed by atoms with Crippen LogP contribution in [0.1, 0.15) is 64.7 Å². The van der Waals surface area contributed by atoms with Crippen molar-refractivity contribution >= 4 is 29.9 Å². The number of piperidine rings is 1. The molecule has 0 radical (unpaired) electrons. The zero-order valence-corrected chi connectivity index (χ0v) is 15.9. The molecule has 0 aromatic heterocycles. The summed E-state index contributed by atoms with van der Waals surface area (Å²) in [5, 5.41) is 3.44. The molecule has 0 aromatic rings. The third-order valence-electron chi connectivity index (χ3n) is 4.83. The number of likely N-dealkylation sites (tertiary alicyclic amines) is 1. The van der Waals surface area contributed by atoms with Gasteiger partial charge in [-0.25, -0.2) is 0 Å². The number of rotatable bonds is 4. The van der Waals surface area contributed by atoms with E-state index in [9.17, 15) is 0 Å². The van der Waals surface area contributed by atoms with Gasteiger partial charge < -0.3 is 11.1 Å². The third kappa shape index (κ3) is 6.72. The molecule has 1 aliphatic heterocycles. The summed E-state index contributed by atoms with van der Waals surface area (Å²) in [5.41, 5.74) is 6.08. The van der Waals surface area contributed by atoms with Crippen molar-refractivity contribution in [1.82, 2.24) is 10.2 Å². The maximum absolute atomic E-state index is 6.08. The summed E-state index contributed by atoms with van der Waals surface area (Å²) in [5.74, 6) is 0.665. The number of hydrogen-bond acceptors (Lipinski definition) is 2. The largest absolute Gasteiger partial charge is 0.370 e. The minimum atomic E-state index is 0. The molecule has 1 unspecified atom stereocenters. The van der Waals surface area contributed by atoms with Crippen LogP contribution in [0.5, 0.6) is 0 Å². The van der Waals surface area contributed by atoms with Crippen molar-refractivity contribution in [1.29, 1.82) is 0 Å². The lowest BCUT2D eigenvalue weighted by Gasteiger charge is -2.33. The van der Waals surface area contributed by atoms with Crippen LogP contribution >= 0.6 is 24.0 Å². The van der Waals surface area contributed by atoms with Gasteiger partial charge in [0.25, 0.3) is 0 Å². The Hall–Kier alpha value is -0.0400. The fourth-order valence-corrected chi connectivity index (χ4v) is 3.57. The van der Waals surface area contributed by atoms with Crippen LogP contribution in [-0.4, -0.2) is 42.6 Å². The van der Waals surface area contributed by atoms with Crippen LogP contribution in [-0.2, 0) is 0 Å². The van der Waals surface area contributed by atoms with E-state index in [-0.39, 0.29) is 24.0 Å². The monoisotopic (exact) mass is 408 g/mol. The van der Waals surface area contributed by atoms with Crippen molar-refractivity contribution in [3.8, 4) is 0 Å². The van der Waals surface area contributed by atoms with Gasteiger partial charge in [0.1, 0.15) is 0 Å². The van der Waals surface area contributed by atoms with E-state index < -0.39 is 0 Å². The molecule has 1 saturated carbocycles. The molecule has 124 valence electrons. The Labute approximate surface area is 147 Å². The maximum atomic E-state index is 6.08. The summed E-state index contributed by atoms with van der Waals surface area (Å²) in [7, 11) is 0. The molecule has 1 saturated heterocycles. The van der Waals surface area contributed by atoms with Crippen molar-refractivity contribution in [2.24, 2.45) is 10.7 Å². The van der Waals surface area contributed by atoms with Gasteiger partial charge in [-0.3, -0.25) is 9.89 Å². The molecule has 0 amide bonds. The van der Waals surface area contributed by atoms with E-state index >= 15 is 0 Å². The van der Waals surface area contributed by atoms with E-state index in [2.05, 4.69) is 22.1 Å². The first kappa shape index (κ1) is 19.0. The van der Waals surface area contributed by atoms with Crippen molar-refractivity contribution in [2.45, 2.75) is 76.8 Å². The first-order valence-electron chi connectivity index (χ1n) is 8.60. The molecule has 21 heavy (non-hydrogen) atoms. The minimum Gasteiger partial charge on any atom is -0.370 e. The predicted molar refractivity (Wildman–Crippen MR) is 101 cm³/mol. The van der Waals surface area contributed by atoms with Gasteiger partial charge in [-0.05, 0) is 38.8 Å². The first-order chi connectivity index (χ1) is 9.79. The fourth-order valence-electron chi connectivity index (χ4n) is 3.57. The summed E-state index contributed by atoms with van der Waals surface area (Å²) >= 11 is 0. The minimum absolute atomic E-state index is 0. The first-order valence-corrected chi connectivity index (χ1v) is 8.60. The van der Waals surface area contributed by atoms with E-state index in [0.717, 1.165) is 13.1 Å². The van der Waals surface area contributed by atoms with Crippen LogP contribution < -0.4 is 11.1 Å². The van der Waals surface area contributed by atoms with E-state index in [1.54, 1.807) is 0 Å². The fraction of sp³-hybridized carbons (Fsp3) is 0.938. The van der Waals surface area contributed by atoms with Gasteiger partial charge >= 0.3 is 0 Å². The van der Waals surface area contributed by atoms with Crippen molar-refractivity contribution in [2.75, 3.05) is 19.6 Å². The second-order valence-corrected chi connectivity index (χ2v) is 6.34. The third-order valence-corrected chi connectivity index (χ3v) is 4.83. The lowest BCUT2D eigenvalue weighted by molar-refractivity contribution is 0.161. The highest BCUT2D eigenvalue weighted by Gasteiger charge is 2.20. The number of guanidine groups is 1. The molecule has 1 aliphatic carbocycles. The summed E-state index contributed by atoms with van der Waals surface area (Å²) in [6.45, 7) is 5.47. The Bertz CT molecular complexity index is 301. The van der Waals surface area contributed by atoms with Gasteiger partial charge in [0.05, 0.1) is 6.54 Å². The van der Waals surface area contributed by atoms with E-state index in [4.69, 9.17) is 5.73 Å². The number of halogens is 1. The number of hydrogen-bond donors (Lipinski definition) is 2. The van der Waals surface area contributed by atoms with Gasteiger partial charge in [0, 0.05) is 12.1 Å². The quantitative estimate of drug-likeness (QED) is 0.325. The van der Waals surface area contributed by atoms with Gasteiger partial charge in [-0.15, -0.1) is 24.0 Å². The number of nitrogens with zero attached hydrogens (tertiary/aromatic N) is 2. The molecule has 1 heterocycles. The molecule has 5 heteroatoms. The van der Waals surface area contributed by atoms with Crippen LogP contribution in [0.2, 0.25) is 0 Å². The second-order valence-electron chi connectivity index (χ2n) is 6.34. The summed E-state index contributed by atoms with van der Waals surface area (Å²) in [6.07, 6.45) is 11.9. The van der Waals surface area contributed by atoms with Crippen molar-refractivity contribution in [3.05, 3.63) is 0 Å². The number of nitrogens with one attached hydrogen (secondary N) is 1. The average Bonchev–Trinajstić information content (AvgIpc) is 2.74. The van der Waals surface area contributed by atoms with Gasteiger partial charge in [0.2, 0.25) is 0 Å². The van der Waals surface area contributed by atoms with Crippen LogP contribution in [0, 0.1) is 0 Å². The Kier molecular flexibility index (Phi) is 9.64. The van der Waals surface area contributed by atoms with E-state index in [1.165, 1.54) is 64.3 Å². The number of nitrogens with two attached hydrogens (primary N) is 1. The Morgan fingerprint density at radius 3 is 2.43 bits per heavy atom. The SMILES string of the molecule is CCN1CCCCC1CN=C(N)NC1CCCCCC1.I. The number of likely N-dealkylation sites (N-methyl/N-ethyl adjacent to an activating group) is 1.